The maximum Gasteiger partial charge on any atom is 0.408 e. The minimum Gasteiger partial charge on any atom is -0.476 e. The number of hydrogen-bond acceptors (Lipinski definition) is 4. The molecule has 0 bridgehead atoms. The van der Waals surface area contributed by atoms with Crippen molar-refractivity contribution in [2.75, 3.05) is 0 Å². The molecule has 1 atom stereocenters. The highest BCUT2D eigenvalue weighted by Gasteiger charge is 2.19. The number of ether oxygens (including phenoxy) is 1. The molecule has 3 N–H and O–H groups in total. The van der Waals surface area contributed by atoms with Crippen molar-refractivity contribution >= 4 is 12.1 Å². The smallest absolute Gasteiger partial charge is 0.408 e. The van der Waals surface area contributed by atoms with Crippen LogP contribution in [0.25, 0.3) is 0 Å². The summed E-state index contributed by atoms with van der Waals surface area (Å²) in [5, 5.41) is 17.5. The molecule has 1 aromatic rings. The maximum atomic E-state index is 11.5. The number of carbonyl (C=O) groups excluding carboxylic acids is 1. The molecule has 1 unspecified atom stereocenters. The van der Waals surface area contributed by atoms with Crippen molar-refractivity contribution in [3.05, 3.63) is 17.5 Å². The van der Waals surface area contributed by atoms with E-state index in [0.717, 1.165) is 0 Å². The molecular formula is C11H17N3O4. The van der Waals surface area contributed by atoms with E-state index in [1.165, 1.54) is 6.07 Å². The van der Waals surface area contributed by atoms with Gasteiger partial charge in [0.15, 0.2) is 5.69 Å². The molecule has 0 saturated carbocycles. The third kappa shape index (κ3) is 4.08. The second-order valence-corrected chi connectivity index (χ2v) is 4.88. The molecule has 0 spiro atoms. The Hall–Kier alpha value is -2.05. The largest absolute Gasteiger partial charge is 0.476 e. The number of amides is 1. The Morgan fingerprint density at radius 3 is 2.56 bits per heavy atom. The summed E-state index contributed by atoms with van der Waals surface area (Å²) in [4.78, 5) is 22.2. The minimum atomic E-state index is -1.12. The molecule has 0 aliphatic rings. The molecule has 0 aliphatic heterocycles. The summed E-state index contributed by atoms with van der Waals surface area (Å²) in [5.74, 6) is -1.12. The Kier molecular flexibility index (Phi) is 3.95. The molecule has 1 rings (SSSR count). The van der Waals surface area contributed by atoms with Crippen LogP contribution in [-0.2, 0) is 4.74 Å². The average molecular weight is 255 g/mol. The lowest BCUT2D eigenvalue weighted by atomic mass is 10.2. The van der Waals surface area contributed by atoms with Crippen LogP contribution in [0.15, 0.2) is 6.07 Å². The van der Waals surface area contributed by atoms with Crippen LogP contribution in [0.4, 0.5) is 4.79 Å². The number of aromatic nitrogens is 2. The molecule has 1 heterocycles. The van der Waals surface area contributed by atoms with Gasteiger partial charge in [0, 0.05) is 0 Å². The van der Waals surface area contributed by atoms with E-state index in [9.17, 15) is 9.59 Å². The molecule has 1 amide bonds. The number of hydrogen-bond donors (Lipinski definition) is 3. The van der Waals surface area contributed by atoms with Crippen molar-refractivity contribution in [2.45, 2.75) is 39.3 Å². The number of aromatic carboxylic acids is 1. The van der Waals surface area contributed by atoms with Gasteiger partial charge in [0.1, 0.15) is 5.60 Å². The van der Waals surface area contributed by atoms with E-state index in [0.29, 0.717) is 5.69 Å². The van der Waals surface area contributed by atoms with Crippen molar-refractivity contribution in [2.24, 2.45) is 0 Å². The number of nitrogens with one attached hydrogen (secondary N) is 2. The SMILES string of the molecule is CC(NC(=O)OC(C)(C)C)c1cc(C(=O)O)n[nH]1. The summed E-state index contributed by atoms with van der Waals surface area (Å²) in [5.41, 5.74) is -0.176. The van der Waals surface area contributed by atoms with Crippen LogP contribution >= 0.6 is 0 Å². The van der Waals surface area contributed by atoms with Gasteiger partial charge in [-0.3, -0.25) is 5.10 Å². The number of carboxylic acids is 1. The van der Waals surface area contributed by atoms with E-state index in [1.54, 1.807) is 27.7 Å². The molecule has 100 valence electrons. The fourth-order valence-electron chi connectivity index (χ4n) is 1.23. The Morgan fingerprint density at radius 2 is 2.11 bits per heavy atom. The van der Waals surface area contributed by atoms with Crippen LogP contribution in [0, 0.1) is 0 Å². The van der Waals surface area contributed by atoms with E-state index >= 15 is 0 Å². The number of aromatic amines is 1. The van der Waals surface area contributed by atoms with Crippen molar-refractivity contribution in [3.63, 3.8) is 0 Å². The van der Waals surface area contributed by atoms with Gasteiger partial charge in [-0.25, -0.2) is 9.59 Å². The van der Waals surface area contributed by atoms with Gasteiger partial charge in [-0.15, -0.1) is 0 Å². The third-order valence-corrected chi connectivity index (χ3v) is 2.02. The van der Waals surface area contributed by atoms with E-state index in [2.05, 4.69) is 15.5 Å². The van der Waals surface area contributed by atoms with Crippen LogP contribution in [0.1, 0.15) is 49.9 Å². The molecule has 0 fully saturated rings. The monoisotopic (exact) mass is 255 g/mol. The van der Waals surface area contributed by atoms with Gasteiger partial charge in [0.2, 0.25) is 0 Å². The lowest BCUT2D eigenvalue weighted by Gasteiger charge is -2.21. The van der Waals surface area contributed by atoms with Gasteiger partial charge in [0.05, 0.1) is 11.7 Å². The molecule has 7 nitrogen and oxygen atoms in total. The third-order valence-electron chi connectivity index (χ3n) is 2.02. The molecule has 7 heteroatoms. The fraction of sp³-hybridized carbons (Fsp3) is 0.545. The summed E-state index contributed by atoms with van der Waals surface area (Å²) in [6.07, 6.45) is -0.568. The van der Waals surface area contributed by atoms with Crippen LogP contribution in [0.2, 0.25) is 0 Å². The summed E-state index contributed by atoms with van der Waals surface area (Å²) in [6.45, 7) is 6.98. The van der Waals surface area contributed by atoms with Gasteiger partial charge in [-0.05, 0) is 33.8 Å². The zero-order valence-corrected chi connectivity index (χ0v) is 10.8. The van der Waals surface area contributed by atoms with E-state index < -0.39 is 23.7 Å². The number of rotatable bonds is 3. The first-order valence-electron chi connectivity index (χ1n) is 5.47. The number of carboxylic acid groups (broad SMARTS) is 1. The summed E-state index contributed by atoms with van der Waals surface area (Å²) in [6, 6.07) is 0.949. The van der Waals surface area contributed by atoms with Crippen molar-refractivity contribution in [1.82, 2.24) is 15.5 Å². The maximum absolute atomic E-state index is 11.5. The number of nitrogens with zero attached hydrogens (tertiary/aromatic N) is 1. The topological polar surface area (TPSA) is 104 Å². The molecular weight excluding hydrogens is 238 g/mol. The number of H-pyrrole nitrogens is 1. The molecule has 0 aliphatic carbocycles. The van der Waals surface area contributed by atoms with Crippen molar-refractivity contribution < 1.29 is 19.4 Å². The van der Waals surface area contributed by atoms with E-state index in [-0.39, 0.29) is 5.69 Å². The predicted octanol–water partition coefficient (Wildman–Crippen LogP) is 1.69. The lowest BCUT2D eigenvalue weighted by Crippen LogP contribution is -2.34. The second-order valence-electron chi connectivity index (χ2n) is 4.88. The van der Waals surface area contributed by atoms with Crippen LogP contribution in [0.3, 0.4) is 0 Å². The van der Waals surface area contributed by atoms with Gasteiger partial charge >= 0.3 is 12.1 Å². The highest BCUT2D eigenvalue weighted by molar-refractivity contribution is 5.85. The first-order valence-corrected chi connectivity index (χ1v) is 5.47. The average Bonchev–Trinajstić information content (AvgIpc) is 2.62. The zero-order chi connectivity index (χ0) is 13.9. The first-order chi connectivity index (χ1) is 8.19. The minimum absolute atomic E-state index is 0.0946. The van der Waals surface area contributed by atoms with E-state index in [4.69, 9.17) is 9.84 Å². The zero-order valence-electron chi connectivity index (χ0n) is 10.8. The molecule has 0 radical (unpaired) electrons. The van der Waals surface area contributed by atoms with Gasteiger partial charge in [0.25, 0.3) is 0 Å². The second kappa shape index (κ2) is 5.07. The van der Waals surface area contributed by atoms with Crippen LogP contribution in [0.5, 0.6) is 0 Å². The quantitative estimate of drug-likeness (QED) is 0.762. The number of carbonyl (C=O) groups is 2. The van der Waals surface area contributed by atoms with Crippen LogP contribution in [-0.4, -0.2) is 33.0 Å². The lowest BCUT2D eigenvalue weighted by molar-refractivity contribution is 0.0506. The molecule has 0 saturated heterocycles. The first kappa shape index (κ1) is 14.0. The Balaban J connectivity index is 2.62. The fourth-order valence-corrected chi connectivity index (χ4v) is 1.23. The summed E-state index contributed by atoms with van der Waals surface area (Å²) in [7, 11) is 0. The molecule has 1 aromatic heterocycles. The molecule has 0 aromatic carbocycles. The summed E-state index contributed by atoms with van der Waals surface area (Å²) < 4.78 is 5.08. The van der Waals surface area contributed by atoms with Gasteiger partial charge < -0.3 is 15.2 Å². The Labute approximate surface area is 105 Å². The Bertz CT molecular complexity index is 447. The summed E-state index contributed by atoms with van der Waals surface area (Å²) >= 11 is 0. The van der Waals surface area contributed by atoms with Gasteiger partial charge in [-0.1, -0.05) is 0 Å². The highest BCUT2D eigenvalue weighted by atomic mass is 16.6. The van der Waals surface area contributed by atoms with Crippen LogP contribution < -0.4 is 5.32 Å². The normalized spacial score (nSPS) is 12.9. The van der Waals surface area contributed by atoms with E-state index in [1.807, 2.05) is 0 Å². The highest BCUT2D eigenvalue weighted by Crippen LogP contribution is 2.12. The Morgan fingerprint density at radius 1 is 1.50 bits per heavy atom. The van der Waals surface area contributed by atoms with Crippen molar-refractivity contribution in [3.8, 4) is 0 Å². The predicted molar refractivity (Wildman–Crippen MR) is 63.3 cm³/mol. The van der Waals surface area contributed by atoms with Gasteiger partial charge in [-0.2, -0.15) is 5.10 Å². The number of alkyl carbamates (subject to hydrolysis) is 1. The standard InChI is InChI=1S/C11H17N3O4/c1-6(12-10(17)18-11(2,3)4)7-5-8(9(15)16)14-13-7/h5-6H,1-4H3,(H,12,17)(H,13,14)(H,15,16). The van der Waals surface area contributed by atoms with Crippen molar-refractivity contribution in [1.29, 1.82) is 0 Å². The molecule has 18 heavy (non-hydrogen) atoms.